The number of guanidine groups is 1. The van der Waals surface area contributed by atoms with Crippen molar-refractivity contribution in [3.05, 3.63) is 35.9 Å². The molecule has 6 nitrogen and oxygen atoms in total. The quantitative estimate of drug-likeness (QED) is 0.468. The highest BCUT2D eigenvalue weighted by Gasteiger charge is 2.38. The number of hydrogen-bond acceptors (Lipinski definition) is 4. The molecular weight excluding hydrogens is 352 g/mol. The molecule has 0 radical (unpaired) electrons. The Morgan fingerprint density at radius 1 is 1.21 bits per heavy atom. The molecule has 1 heterocycles. The minimum Gasteiger partial charge on any atom is -0.387 e. The minimum atomic E-state index is -0.854. The molecule has 3 rings (SSSR count). The second-order valence-corrected chi connectivity index (χ2v) is 8.43. The van der Waals surface area contributed by atoms with Gasteiger partial charge in [0.2, 0.25) is 0 Å². The lowest BCUT2D eigenvalue weighted by molar-refractivity contribution is -0.0180. The van der Waals surface area contributed by atoms with Crippen molar-refractivity contribution in [2.24, 2.45) is 4.99 Å². The maximum Gasteiger partial charge on any atom is 0.191 e. The first kappa shape index (κ1) is 21.1. The van der Waals surface area contributed by atoms with Crippen LogP contribution >= 0.6 is 0 Å². The van der Waals surface area contributed by atoms with Crippen molar-refractivity contribution in [3.63, 3.8) is 0 Å². The predicted molar refractivity (Wildman–Crippen MR) is 114 cm³/mol. The van der Waals surface area contributed by atoms with Gasteiger partial charge in [0.25, 0.3) is 0 Å². The van der Waals surface area contributed by atoms with Crippen LogP contribution in [0.1, 0.15) is 38.7 Å². The molecule has 1 atom stereocenters. The Labute approximate surface area is 169 Å². The maximum absolute atomic E-state index is 10.8. The molecule has 28 heavy (non-hydrogen) atoms. The van der Waals surface area contributed by atoms with E-state index in [0.717, 1.165) is 45.4 Å². The molecule has 6 heteroatoms. The molecule has 0 spiro atoms. The van der Waals surface area contributed by atoms with E-state index in [9.17, 15) is 5.11 Å². The lowest BCUT2D eigenvalue weighted by atomic mass is 9.64. The van der Waals surface area contributed by atoms with Crippen molar-refractivity contribution in [2.45, 2.75) is 44.1 Å². The third-order valence-corrected chi connectivity index (χ3v) is 5.88. The molecule has 1 unspecified atom stereocenters. The van der Waals surface area contributed by atoms with E-state index in [4.69, 9.17) is 9.73 Å². The Balaban J connectivity index is 1.57. The number of benzene rings is 1. The number of aliphatic imine (C=N–C) groups is 1. The molecule has 3 N–H and O–H groups in total. The maximum atomic E-state index is 10.8. The van der Waals surface area contributed by atoms with Crippen LogP contribution in [0.5, 0.6) is 0 Å². The van der Waals surface area contributed by atoms with E-state index in [1.807, 2.05) is 6.92 Å². The zero-order chi connectivity index (χ0) is 19.9. The third kappa shape index (κ3) is 5.69. The summed E-state index contributed by atoms with van der Waals surface area (Å²) in [4.78, 5) is 6.94. The molecule has 1 aromatic carbocycles. The van der Waals surface area contributed by atoms with Gasteiger partial charge in [-0.1, -0.05) is 36.8 Å². The van der Waals surface area contributed by atoms with Gasteiger partial charge in [0, 0.05) is 38.1 Å². The highest BCUT2D eigenvalue weighted by Crippen LogP contribution is 2.43. The zero-order valence-electron chi connectivity index (χ0n) is 17.4. The number of aliphatic hydroxyl groups is 1. The minimum absolute atomic E-state index is 0.202. The number of β-amino-alcohol motifs (C(OH)–C–C–N with tert-alkyl or cyclic N) is 1. The van der Waals surface area contributed by atoms with Crippen LogP contribution in [0, 0.1) is 0 Å². The van der Waals surface area contributed by atoms with Crippen LogP contribution < -0.4 is 10.6 Å². The number of nitrogens with zero attached hydrogens (tertiary/aromatic N) is 2. The van der Waals surface area contributed by atoms with Gasteiger partial charge in [-0.25, -0.2) is 0 Å². The lowest BCUT2D eigenvalue weighted by Gasteiger charge is -2.43. The van der Waals surface area contributed by atoms with Crippen molar-refractivity contribution in [1.29, 1.82) is 0 Å². The van der Waals surface area contributed by atoms with Gasteiger partial charge in [-0.2, -0.15) is 0 Å². The normalized spacial score (nSPS) is 22.2. The summed E-state index contributed by atoms with van der Waals surface area (Å²) in [6, 6.07) is 10.8. The van der Waals surface area contributed by atoms with Gasteiger partial charge >= 0.3 is 0 Å². The van der Waals surface area contributed by atoms with E-state index in [-0.39, 0.29) is 5.41 Å². The predicted octanol–water partition coefficient (Wildman–Crippen LogP) is 1.75. The Kier molecular flexibility index (Phi) is 7.32. The topological polar surface area (TPSA) is 69.1 Å². The molecule has 0 bridgehead atoms. The first-order valence-electron chi connectivity index (χ1n) is 10.6. The van der Waals surface area contributed by atoms with E-state index in [2.05, 4.69) is 52.8 Å². The number of rotatable bonds is 8. The van der Waals surface area contributed by atoms with Crippen molar-refractivity contribution >= 4 is 5.96 Å². The largest absolute Gasteiger partial charge is 0.387 e. The summed E-state index contributed by atoms with van der Waals surface area (Å²) in [6.07, 6.45) is 3.69. The fourth-order valence-electron chi connectivity index (χ4n) is 4.10. The second-order valence-electron chi connectivity index (χ2n) is 8.43. The van der Waals surface area contributed by atoms with Gasteiger partial charge < -0.3 is 20.5 Å². The first-order chi connectivity index (χ1) is 13.5. The number of morpholine rings is 1. The summed E-state index contributed by atoms with van der Waals surface area (Å²) in [5.74, 6) is 0.784. The van der Waals surface area contributed by atoms with E-state index in [1.165, 1.54) is 24.8 Å². The summed E-state index contributed by atoms with van der Waals surface area (Å²) in [6.45, 7) is 9.83. The lowest BCUT2D eigenvalue weighted by Crippen LogP contribution is -2.50. The van der Waals surface area contributed by atoms with Crippen LogP contribution in [0.25, 0.3) is 0 Å². The number of hydrogen-bond donors (Lipinski definition) is 3. The molecule has 2 aliphatic rings. The number of ether oxygens (including phenoxy) is 1. The smallest absolute Gasteiger partial charge is 0.191 e. The average Bonchev–Trinajstić information content (AvgIpc) is 2.66. The average molecular weight is 389 g/mol. The first-order valence-corrected chi connectivity index (χ1v) is 10.6. The molecule has 156 valence electrons. The molecule has 1 aliphatic carbocycles. The van der Waals surface area contributed by atoms with E-state index in [0.29, 0.717) is 13.1 Å². The van der Waals surface area contributed by atoms with Gasteiger partial charge in [0.15, 0.2) is 5.96 Å². The van der Waals surface area contributed by atoms with Crippen LogP contribution in [0.15, 0.2) is 35.3 Å². The van der Waals surface area contributed by atoms with E-state index < -0.39 is 5.60 Å². The highest BCUT2D eigenvalue weighted by atomic mass is 16.5. The second kappa shape index (κ2) is 9.72. The van der Waals surface area contributed by atoms with Crippen molar-refractivity contribution in [1.82, 2.24) is 15.5 Å². The van der Waals surface area contributed by atoms with Crippen LogP contribution in [-0.4, -0.2) is 74.0 Å². The van der Waals surface area contributed by atoms with Crippen LogP contribution in [0.3, 0.4) is 0 Å². The SMILES string of the molecule is CCNC(=NCC(C)(O)CN1CCOCC1)NCC1(c2ccccc2)CCC1. The van der Waals surface area contributed by atoms with Gasteiger partial charge in [-0.05, 0) is 32.3 Å². The summed E-state index contributed by atoms with van der Waals surface area (Å²) < 4.78 is 5.39. The Morgan fingerprint density at radius 3 is 2.54 bits per heavy atom. The van der Waals surface area contributed by atoms with Gasteiger partial charge in [-0.15, -0.1) is 0 Å². The number of nitrogens with one attached hydrogen (secondary N) is 2. The summed E-state index contributed by atoms with van der Waals surface area (Å²) in [5.41, 5.74) is 0.755. The molecule has 0 aromatic heterocycles. The Bertz CT molecular complexity index is 623. The molecule has 1 saturated heterocycles. The fraction of sp³-hybridized carbons (Fsp3) is 0.682. The Hall–Kier alpha value is -1.63. The van der Waals surface area contributed by atoms with Crippen LogP contribution in [0.2, 0.25) is 0 Å². The third-order valence-electron chi connectivity index (χ3n) is 5.88. The van der Waals surface area contributed by atoms with E-state index >= 15 is 0 Å². The molecule has 2 fully saturated rings. The highest BCUT2D eigenvalue weighted by molar-refractivity contribution is 5.80. The van der Waals surface area contributed by atoms with Gasteiger partial charge in [0.05, 0.1) is 25.4 Å². The zero-order valence-corrected chi connectivity index (χ0v) is 17.4. The van der Waals surface area contributed by atoms with Crippen LogP contribution in [0.4, 0.5) is 0 Å². The van der Waals surface area contributed by atoms with Crippen LogP contribution in [-0.2, 0) is 10.2 Å². The summed E-state index contributed by atoms with van der Waals surface area (Å²) in [7, 11) is 0. The summed E-state index contributed by atoms with van der Waals surface area (Å²) in [5, 5.41) is 17.7. The molecule has 1 aromatic rings. The van der Waals surface area contributed by atoms with Crippen molar-refractivity contribution in [3.8, 4) is 0 Å². The standard InChI is InChI=1S/C22H36N4O2/c1-3-23-20(24-16-21(2,27)18-26-12-14-28-15-13-26)25-17-22(10-7-11-22)19-8-5-4-6-9-19/h4-6,8-9,27H,3,7,10-18H2,1-2H3,(H2,23,24,25). The molecular formula is C22H36N4O2. The summed E-state index contributed by atoms with van der Waals surface area (Å²) >= 11 is 0. The molecule has 0 amide bonds. The van der Waals surface area contributed by atoms with Gasteiger partial charge in [0.1, 0.15) is 0 Å². The van der Waals surface area contributed by atoms with Gasteiger partial charge in [-0.3, -0.25) is 9.89 Å². The van der Waals surface area contributed by atoms with Crippen molar-refractivity contribution in [2.75, 3.05) is 52.5 Å². The molecule has 1 saturated carbocycles. The Morgan fingerprint density at radius 2 is 1.93 bits per heavy atom. The monoisotopic (exact) mass is 388 g/mol. The molecule has 1 aliphatic heterocycles. The fourth-order valence-corrected chi connectivity index (χ4v) is 4.10. The van der Waals surface area contributed by atoms with Crippen molar-refractivity contribution < 1.29 is 9.84 Å². The van der Waals surface area contributed by atoms with E-state index in [1.54, 1.807) is 0 Å².